The molecule has 0 bridgehead atoms. The van der Waals surface area contributed by atoms with Crippen LogP contribution in [0.5, 0.6) is 0 Å². The molecule has 1 fully saturated rings. The molecule has 0 atom stereocenters. The molecule has 0 N–H and O–H groups in total. The van der Waals surface area contributed by atoms with Crippen LogP contribution in [0.2, 0.25) is 0 Å². The highest BCUT2D eigenvalue weighted by atomic mass is 79.9. The molecular weight excluding hydrogens is 452 g/mol. The summed E-state index contributed by atoms with van der Waals surface area (Å²) in [6.07, 6.45) is -0.454. The number of rotatable bonds is 4. The van der Waals surface area contributed by atoms with Crippen LogP contribution in [0.4, 0.5) is 4.79 Å². The molecule has 1 aromatic rings. The van der Waals surface area contributed by atoms with Gasteiger partial charge < -0.3 is 14.4 Å². The average molecular weight is 477 g/mol. The first kappa shape index (κ1) is 22.6. The van der Waals surface area contributed by atoms with Gasteiger partial charge in [0, 0.05) is 30.7 Å². The SMILES string of the molecule is CCOC(=O)c1ccc(S(=O)(=O)N2CCN(C(=O)OC(C)(C)C)CC2)c(Br)c1. The third kappa shape index (κ3) is 5.45. The Bertz CT molecular complexity index is 842. The number of amides is 1. The van der Waals surface area contributed by atoms with E-state index >= 15 is 0 Å². The Kier molecular flexibility index (Phi) is 7.11. The summed E-state index contributed by atoms with van der Waals surface area (Å²) >= 11 is 3.24. The number of sulfonamides is 1. The number of carbonyl (C=O) groups excluding carboxylic acids is 2. The predicted octanol–water partition coefficient (Wildman–Crippen LogP) is 2.87. The van der Waals surface area contributed by atoms with E-state index in [2.05, 4.69) is 15.9 Å². The molecule has 2 rings (SSSR count). The van der Waals surface area contributed by atoms with Crippen LogP contribution >= 0.6 is 15.9 Å². The van der Waals surface area contributed by atoms with Gasteiger partial charge in [-0.05, 0) is 61.8 Å². The van der Waals surface area contributed by atoms with Crippen LogP contribution in [-0.2, 0) is 19.5 Å². The minimum atomic E-state index is -3.78. The van der Waals surface area contributed by atoms with E-state index in [0.717, 1.165) is 0 Å². The molecule has 156 valence electrons. The molecule has 1 amide bonds. The first-order valence-corrected chi connectivity index (χ1v) is 11.1. The van der Waals surface area contributed by atoms with Crippen molar-refractivity contribution in [2.24, 2.45) is 0 Å². The summed E-state index contributed by atoms with van der Waals surface area (Å²) in [5.74, 6) is -0.516. The number of esters is 1. The van der Waals surface area contributed by atoms with Crippen LogP contribution < -0.4 is 0 Å². The molecule has 1 aromatic carbocycles. The number of hydrogen-bond acceptors (Lipinski definition) is 6. The molecule has 1 saturated heterocycles. The van der Waals surface area contributed by atoms with E-state index in [1.807, 2.05) is 0 Å². The number of benzene rings is 1. The second-order valence-corrected chi connectivity index (χ2v) is 10.00. The largest absolute Gasteiger partial charge is 0.462 e. The minimum absolute atomic E-state index is 0.0614. The van der Waals surface area contributed by atoms with Crippen molar-refractivity contribution in [3.63, 3.8) is 0 Å². The quantitative estimate of drug-likeness (QED) is 0.620. The molecule has 28 heavy (non-hydrogen) atoms. The fourth-order valence-electron chi connectivity index (χ4n) is 2.63. The van der Waals surface area contributed by atoms with Crippen molar-refractivity contribution in [1.29, 1.82) is 0 Å². The Balaban J connectivity index is 2.10. The van der Waals surface area contributed by atoms with Gasteiger partial charge in [0.1, 0.15) is 5.60 Å². The van der Waals surface area contributed by atoms with E-state index in [-0.39, 0.29) is 47.7 Å². The maximum atomic E-state index is 13.0. The van der Waals surface area contributed by atoms with Crippen LogP contribution in [-0.4, -0.2) is 68.1 Å². The van der Waals surface area contributed by atoms with Gasteiger partial charge in [-0.1, -0.05) is 0 Å². The third-order valence-corrected chi connectivity index (χ3v) is 6.83. The summed E-state index contributed by atoms with van der Waals surface area (Å²) < 4.78 is 37.8. The van der Waals surface area contributed by atoms with Gasteiger partial charge in [0.05, 0.1) is 17.1 Å². The van der Waals surface area contributed by atoms with Crippen LogP contribution in [0.15, 0.2) is 27.6 Å². The van der Waals surface area contributed by atoms with Gasteiger partial charge in [-0.25, -0.2) is 18.0 Å². The molecule has 0 aliphatic carbocycles. The molecule has 1 aliphatic rings. The number of ether oxygens (including phenoxy) is 2. The van der Waals surface area contributed by atoms with Gasteiger partial charge in [-0.2, -0.15) is 4.31 Å². The summed E-state index contributed by atoms with van der Waals surface area (Å²) in [6.45, 7) is 8.08. The average Bonchev–Trinajstić information content (AvgIpc) is 2.60. The van der Waals surface area contributed by atoms with Crippen molar-refractivity contribution >= 4 is 38.0 Å². The maximum absolute atomic E-state index is 13.0. The van der Waals surface area contributed by atoms with Crippen molar-refractivity contribution < 1.29 is 27.5 Å². The predicted molar refractivity (Wildman–Crippen MR) is 107 cm³/mol. The summed E-state index contributed by atoms with van der Waals surface area (Å²) in [7, 11) is -3.78. The zero-order valence-electron chi connectivity index (χ0n) is 16.4. The van der Waals surface area contributed by atoms with Crippen LogP contribution in [0, 0.1) is 0 Å². The molecule has 0 aromatic heterocycles. The molecule has 8 nitrogen and oxygen atoms in total. The van der Waals surface area contributed by atoms with E-state index in [1.165, 1.54) is 27.4 Å². The number of carbonyl (C=O) groups is 2. The van der Waals surface area contributed by atoms with Gasteiger partial charge >= 0.3 is 12.1 Å². The molecule has 1 aliphatic heterocycles. The Labute approximate surface area is 174 Å². The Hall–Kier alpha value is -1.65. The third-order valence-electron chi connectivity index (χ3n) is 3.95. The second-order valence-electron chi connectivity index (χ2n) is 7.24. The smallest absolute Gasteiger partial charge is 0.410 e. The summed E-state index contributed by atoms with van der Waals surface area (Å²) in [5.41, 5.74) is -0.339. The maximum Gasteiger partial charge on any atom is 0.410 e. The van der Waals surface area contributed by atoms with E-state index in [4.69, 9.17) is 9.47 Å². The minimum Gasteiger partial charge on any atom is -0.462 e. The lowest BCUT2D eigenvalue weighted by Crippen LogP contribution is -2.51. The normalized spacial score (nSPS) is 16.0. The van der Waals surface area contributed by atoms with Crippen LogP contribution in [0.3, 0.4) is 0 Å². The van der Waals surface area contributed by atoms with E-state index in [9.17, 15) is 18.0 Å². The van der Waals surface area contributed by atoms with Crippen molar-refractivity contribution in [2.75, 3.05) is 32.8 Å². The monoisotopic (exact) mass is 476 g/mol. The lowest BCUT2D eigenvalue weighted by Gasteiger charge is -2.35. The highest BCUT2D eigenvalue weighted by Gasteiger charge is 2.33. The highest BCUT2D eigenvalue weighted by molar-refractivity contribution is 9.10. The molecule has 0 saturated carbocycles. The van der Waals surface area contributed by atoms with Crippen molar-refractivity contribution in [1.82, 2.24) is 9.21 Å². The second kappa shape index (κ2) is 8.79. The summed E-state index contributed by atoms with van der Waals surface area (Å²) in [4.78, 5) is 25.5. The highest BCUT2D eigenvalue weighted by Crippen LogP contribution is 2.27. The van der Waals surface area contributed by atoms with Gasteiger partial charge in [-0.15, -0.1) is 0 Å². The first-order valence-electron chi connectivity index (χ1n) is 8.90. The number of nitrogens with zero attached hydrogens (tertiary/aromatic N) is 2. The van der Waals surface area contributed by atoms with Gasteiger partial charge in [0.15, 0.2) is 0 Å². The van der Waals surface area contributed by atoms with E-state index in [0.29, 0.717) is 0 Å². The lowest BCUT2D eigenvalue weighted by atomic mass is 10.2. The Morgan fingerprint density at radius 2 is 1.75 bits per heavy atom. The van der Waals surface area contributed by atoms with Crippen molar-refractivity contribution in [2.45, 2.75) is 38.2 Å². The molecule has 0 radical (unpaired) electrons. The summed E-state index contributed by atoms with van der Waals surface area (Å²) in [5, 5.41) is 0. The van der Waals surface area contributed by atoms with E-state index in [1.54, 1.807) is 27.7 Å². The number of piperazine rings is 1. The first-order chi connectivity index (χ1) is 13.0. The zero-order chi connectivity index (χ0) is 21.1. The lowest BCUT2D eigenvalue weighted by molar-refractivity contribution is 0.0192. The fourth-order valence-corrected chi connectivity index (χ4v) is 5.09. The zero-order valence-corrected chi connectivity index (χ0v) is 18.8. The van der Waals surface area contributed by atoms with Crippen LogP contribution in [0.25, 0.3) is 0 Å². The Morgan fingerprint density at radius 1 is 1.14 bits per heavy atom. The molecular formula is C18H25BrN2O6S. The van der Waals surface area contributed by atoms with E-state index < -0.39 is 27.7 Å². The molecule has 10 heteroatoms. The molecule has 0 spiro atoms. The number of hydrogen-bond donors (Lipinski definition) is 0. The number of halogens is 1. The van der Waals surface area contributed by atoms with Crippen molar-refractivity contribution in [3.05, 3.63) is 28.2 Å². The van der Waals surface area contributed by atoms with Crippen LogP contribution in [0.1, 0.15) is 38.1 Å². The topological polar surface area (TPSA) is 93.2 Å². The van der Waals surface area contributed by atoms with Gasteiger partial charge in [0.2, 0.25) is 10.0 Å². The molecule has 1 heterocycles. The standard InChI is InChI=1S/C18H25BrN2O6S/c1-5-26-16(22)13-6-7-15(14(19)12-13)28(24,25)21-10-8-20(9-11-21)17(23)27-18(2,3)4/h6-7,12H,5,8-11H2,1-4H3. The Morgan fingerprint density at radius 3 is 2.25 bits per heavy atom. The molecule has 0 unspecified atom stereocenters. The van der Waals surface area contributed by atoms with Crippen molar-refractivity contribution in [3.8, 4) is 0 Å². The fraction of sp³-hybridized carbons (Fsp3) is 0.556. The summed E-state index contributed by atoms with van der Waals surface area (Å²) in [6, 6.07) is 4.24. The van der Waals surface area contributed by atoms with Gasteiger partial charge in [0.25, 0.3) is 0 Å². The van der Waals surface area contributed by atoms with Gasteiger partial charge in [-0.3, -0.25) is 0 Å².